The molecule has 2 atom stereocenters. The molecule has 0 amide bonds. The molecular weight excluding hydrogens is 198 g/mol. The molecule has 0 saturated heterocycles. The minimum atomic E-state index is -0.144. The molecule has 0 aromatic heterocycles. The molecule has 2 unspecified atom stereocenters. The number of ether oxygens (including phenoxy) is 1. The van der Waals surface area contributed by atoms with Crippen molar-refractivity contribution in [1.29, 1.82) is 0 Å². The van der Waals surface area contributed by atoms with Crippen LogP contribution in [0.4, 0.5) is 0 Å². The summed E-state index contributed by atoms with van der Waals surface area (Å²) in [6.45, 7) is 4.71. The molecule has 14 heavy (non-hydrogen) atoms. The van der Waals surface area contributed by atoms with Crippen molar-refractivity contribution in [2.75, 3.05) is 25.7 Å². The molecule has 0 aromatic carbocycles. The van der Waals surface area contributed by atoms with Gasteiger partial charge in [0.05, 0.1) is 13.0 Å². The first-order valence-corrected chi connectivity index (χ1v) is 6.31. The highest BCUT2D eigenvalue weighted by Crippen LogP contribution is 2.01. The van der Waals surface area contributed by atoms with Crippen molar-refractivity contribution in [3.8, 4) is 0 Å². The molecule has 0 aliphatic rings. The Balaban J connectivity index is 3.55. The van der Waals surface area contributed by atoms with E-state index in [1.165, 1.54) is 7.11 Å². The van der Waals surface area contributed by atoms with E-state index in [0.717, 1.165) is 12.2 Å². The predicted octanol–water partition coefficient (Wildman–Crippen LogP) is 1.53. The van der Waals surface area contributed by atoms with E-state index in [9.17, 15) is 4.79 Å². The van der Waals surface area contributed by atoms with Gasteiger partial charge in [-0.15, -0.1) is 0 Å². The molecule has 0 aliphatic heterocycles. The molecular formula is C10H21NO2S. The van der Waals surface area contributed by atoms with E-state index in [1.54, 1.807) is 0 Å². The Bertz CT molecular complexity index is 164. The van der Waals surface area contributed by atoms with Gasteiger partial charge in [-0.25, -0.2) is 0 Å². The van der Waals surface area contributed by atoms with Crippen LogP contribution < -0.4 is 5.32 Å². The van der Waals surface area contributed by atoms with Crippen LogP contribution >= 0.6 is 11.8 Å². The summed E-state index contributed by atoms with van der Waals surface area (Å²) < 4.78 is 4.64. The average molecular weight is 219 g/mol. The van der Waals surface area contributed by atoms with Crippen molar-refractivity contribution in [1.82, 2.24) is 5.32 Å². The van der Waals surface area contributed by atoms with Gasteiger partial charge in [0.15, 0.2) is 0 Å². The molecule has 0 bridgehead atoms. The minimum Gasteiger partial charge on any atom is -0.469 e. The van der Waals surface area contributed by atoms with E-state index in [0.29, 0.717) is 12.6 Å². The summed E-state index contributed by atoms with van der Waals surface area (Å²) in [6, 6.07) is 0.467. The highest BCUT2D eigenvalue weighted by atomic mass is 32.2. The van der Waals surface area contributed by atoms with E-state index in [1.807, 2.05) is 18.7 Å². The fourth-order valence-corrected chi connectivity index (χ4v) is 1.65. The van der Waals surface area contributed by atoms with Gasteiger partial charge in [0, 0.05) is 12.6 Å². The number of nitrogens with one attached hydrogen (secondary N) is 1. The smallest absolute Gasteiger partial charge is 0.309 e. The molecule has 0 rings (SSSR count). The van der Waals surface area contributed by atoms with E-state index in [-0.39, 0.29) is 11.9 Å². The van der Waals surface area contributed by atoms with Crippen molar-refractivity contribution in [2.24, 2.45) is 5.92 Å². The number of hydrogen-bond acceptors (Lipinski definition) is 4. The van der Waals surface area contributed by atoms with Crippen molar-refractivity contribution in [2.45, 2.75) is 26.3 Å². The zero-order valence-electron chi connectivity index (χ0n) is 9.50. The van der Waals surface area contributed by atoms with E-state index < -0.39 is 0 Å². The van der Waals surface area contributed by atoms with Gasteiger partial charge in [-0.2, -0.15) is 11.8 Å². The molecule has 0 spiro atoms. The lowest BCUT2D eigenvalue weighted by atomic mass is 10.1. The van der Waals surface area contributed by atoms with Gasteiger partial charge in [0.25, 0.3) is 0 Å². The minimum absolute atomic E-state index is 0.0586. The molecule has 0 aromatic rings. The maximum atomic E-state index is 11.1. The summed E-state index contributed by atoms with van der Waals surface area (Å²) in [5.41, 5.74) is 0. The summed E-state index contributed by atoms with van der Waals surface area (Å²) in [5, 5.41) is 3.32. The maximum Gasteiger partial charge on any atom is 0.309 e. The third-order valence-electron chi connectivity index (χ3n) is 2.13. The molecule has 4 heteroatoms. The average Bonchev–Trinajstić information content (AvgIpc) is 2.21. The molecule has 84 valence electrons. The fourth-order valence-electron chi connectivity index (χ4n) is 1.06. The Morgan fingerprint density at radius 2 is 2.14 bits per heavy atom. The maximum absolute atomic E-state index is 11.1. The summed E-state index contributed by atoms with van der Waals surface area (Å²) in [4.78, 5) is 11.1. The summed E-state index contributed by atoms with van der Waals surface area (Å²) in [5.74, 6) is 0.951. The lowest BCUT2D eigenvalue weighted by Crippen LogP contribution is -2.33. The zero-order valence-corrected chi connectivity index (χ0v) is 10.3. The first-order valence-electron chi connectivity index (χ1n) is 4.92. The largest absolute Gasteiger partial charge is 0.469 e. The molecule has 0 heterocycles. The number of methoxy groups -OCH3 is 1. The monoisotopic (exact) mass is 219 g/mol. The SMILES string of the molecule is COC(=O)C(C)CNC(C)CCSC. The number of rotatable bonds is 7. The standard InChI is InChI=1S/C10H21NO2S/c1-8(10(12)13-3)7-11-9(2)5-6-14-4/h8-9,11H,5-7H2,1-4H3. The van der Waals surface area contributed by atoms with Gasteiger partial charge < -0.3 is 10.1 Å². The second kappa shape index (κ2) is 8.12. The summed E-state index contributed by atoms with van der Waals surface area (Å²) >= 11 is 1.84. The van der Waals surface area contributed by atoms with Gasteiger partial charge in [0.2, 0.25) is 0 Å². The first-order chi connectivity index (χ1) is 6.61. The van der Waals surface area contributed by atoms with Gasteiger partial charge >= 0.3 is 5.97 Å². The van der Waals surface area contributed by atoms with Gasteiger partial charge in [-0.05, 0) is 25.4 Å². The second-order valence-electron chi connectivity index (χ2n) is 3.51. The second-order valence-corrected chi connectivity index (χ2v) is 4.50. The third kappa shape index (κ3) is 6.27. The third-order valence-corrected chi connectivity index (χ3v) is 2.77. The van der Waals surface area contributed by atoms with Gasteiger partial charge in [0.1, 0.15) is 0 Å². The highest BCUT2D eigenvalue weighted by Gasteiger charge is 2.13. The number of carbonyl (C=O) groups excluding carboxylic acids is 1. The molecule has 0 radical (unpaired) electrons. The molecule has 3 nitrogen and oxygen atoms in total. The zero-order chi connectivity index (χ0) is 11.0. The predicted molar refractivity (Wildman–Crippen MR) is 61.6 cm³/mol. The normalized spacial score (nSPS) is 14.9. The molecule has 0 saturated carbocycles. The van der Waals surface area contributed by atoms with Crippen LogP contribution in [0.2, 0.25) is 0 Å². The summed E-state index contributed by atoms with van der Waals surface area (Å²) in [7, 11) is 1.43. The highest BCUT2D eigenvalue weighted by molar-refractivity contribution is 7.98. The van der Waals surface area contributed by atoms with Crippen LogP contribution in [0.5, 0.6) is 0 Å². The first kappa shape index (κ1) is 13.8. The topological polar surface area (TPSA) is 38.3 Å². The van der Waals surface area contributed by atoms with Crippen LogP contribution in [0.25, 0.3) is 0 Å². The number of carbonyl (C=O) groups is 1. The Morgan fingerprint density at radius 3 is 2.64 bits per heavy atom. The van der Waals surface area contributed by atoms with Crippen molar-refractivity contribution in [3.05, 3.63) is 0 Å². The Labute approximate surface area is 91.0 Å². The number of hydrogen-bond donors (Lipinski definition) is 1. The van der Waals surface area contributed by atoms with Crippen molar-refractivity contribution in [3.63, 3.8) is 0 Å². The van der Waals surface area contributed by atoms with Crippen LogP contribution in [0.3, 0.4) is 0 Å². The van der Waals surface area contributed by atoms with Crippen LogP contribution in [-0.4, -0.2) is 37.7 Å². The lowest BCUT2D eigenvalue weighted by molar-refractivity contribution is -0.144. The van der Waals surface area contributed by atoms with Gasteiger partial charge in [-0.1, -0.05) is 6.92 Å². The molecule has 0 aliphatic carbocycles. The van der Waals surface area contributed by atoms with Crippen LogP contribution in [0.1, 0.15) is 20.3 Å². The Hall–Kier alpha value is -0.220. The van der Waals surface area contributed by atoms with Crippen molar-refractivity contribution >= 4 is 17.7 Å². The molecule has 0 fully saturated rings. The van der Waals surface area contributed by atoms with E-state index in [2.05, 4.69) is 23.2 Å². The Kier molecular flexibility index (Phi) is 7.99. The van der Waals surface area contributed by atoms with Crippen molar-refractivity contribution < 1.29 is 9.53 Å². The lowest BCUT2D eigenvalue weighted by Gasteiger charge is -2.15. The van der Waals surface area contributed by atoms with Crippen LogP contribution in [0.15, 0.2) is 0 Å². The number of esters is 1. The fraction of sp³-hybridized carbons (Fsp3) is 0.900. The van der Waals surface area contributed by atoms with E-state index in [4.69, 9.17) is 0 Å². The summed E-state index contributed by atoms with van der Waals surface area (Å²) in [6.07, 6.45) is 3.23. The van der Waals surface area contributed by atoms with Crippen LogP contribution in [0, 0.1) is 5.92 Å². The van der Waals surface area contributed by atoms with E-state index >= 15 is 0 Å². The quantitative estimate of drug-likeness (QED) is 0.659. The number of thioether (sulfide) groups is 1. The van der Waals surface area contributed by atoms with Gasteiger partial charge in [-0.3, -0.25) is 4.79 Å². The Morgan fingerprint density at radius 1 is 1.50 bits per heavy atom. The van der Waals surface area contributed by atoms with Crippen LogP contribution in [-0.2, 0) is 9.53 Å². The molecule has 1 N–H and O–H groups in total.